The number of fused-ring (bicyclic) bond motifs is 1. The lowest BCUT2D eigenvalue weighted by Crippen LogP contribution is -2.34. The van der Waals surface area contributed by atoms with Gasteiger partial charge < -0.3 is 4.74 Å². The van der Waals surface area contributed by atoms with Crippen LogP contribution >= 0.6 is 0 Å². The monoisotopic (exact) mass is 312 g/mol. The van der Waals surface area contributed by atoms with Crippen molar-refractivity contribution in [1.82, 2.24) is 5.43 Å². The molecule has 0 saturated carbocycles. The molecule has 0 saturated heterocycles. The minimum atomic E-state index is -0.618. The van der Waals surface area contributed by atoms with Gasteiger partial charge in [0.1, 0.15) is 5.75 Å². The molecular formula is C19H24N2O2. The molecule has 0 unspecified atom stereocenters. The molecule has 23 heavy (non-hydrogen) atoms. The lowest BCUT2D eigenvalue weighted by atomic mass is 9.91. The second-order valence-corrected chi connectivity index (χ2v) is 6.69. The van der Waals surface area contributed by atoms with Gasteiger partial charge in [-0.1, -0.05) is 51.1 Å². The first-order chi connectivity index (χ1) is 10.8. The fraction of sp³-hybridized carbons (Fsp3) is 0.368. The van der Waals surface area contributed by atoms with Crippen LogP contribution in [0.25, 0.3) is 10.8 Å². The largest absolute Gasteiger partial charge is 0.481 e. The summed E-state index contributed by atoms with van der Waals surface area (Å²) >= 11 is 0. The van der Waals surface area contributed by atoms with Crippen LogP contribution in [0.3, 0.4) is 0 Å². The maximum absolute atomic E-state index is 12.1. The van der Waals surface area contributed by atoms with E-state index in [1.807, 2.05) is 70.2 Å². The van der Waals surface area contributed by atoms with Crippen molar-refractivity contribution in [2.75, 3.05) is 0 Å². The number of carbonyl (C=O) groups excluding carboxylic acids is 1. The molecule has 1 N–H and O–H groups in total. The molecule has 0 aliphatic heterocycles. The topological polar surface area (TPSA) is 50.7 Å². The molecule has 2 rings (SSSR count). The molecule has 122 valence electrons. The highest BCUT2D eigenvalue weighted by Crippen LogP contribution is 2.21. The molecule has 1 amide bonds. The van der Waals surface area contributed by atoms with E-state index in [0.717, 1.165) is 16.5 Å². The predicted octanol–water partition coefficient (Wildman–Crippen LogP) is 4.15. The lowest BCUT2D eigenvalue weighted by Gasteiger charge is -2.18. The van der Waals surface area contributed by atoms with Crippen molar-refractivity contribution >= 4 is 22.4 Å². The summed E-state index contributed by atoms with van der Waals surface area (Å²) in [6, 6.07) is 13.8. The van der Waals surface area contributed by atoms with E-state index in [9.17, 15) is 4.79 Å². The standard InChI is InChI=1S/C19H24N2O2/c1-13(18(22)21-20-14(2)19(3,4)5)23-17-11-10-15-8-6-7-9-16(15)12-17/h6-13H,1-5H3,(H,21,22)/b20-14-/t13-/m0/s1. The van der Waals surface area contributed by atoms with Crippen LogP contribution in [0.2, 0.25) is 0 Å². The number of amides is 1. The SMILES string of the molecule is C/C(=N/NC(=O)[C@H](C)Oc1ccc2ccccc2c1)C(C)(C)C. The van der Waals surface area contributed by atoms with Crippen molar-refractivity contribution in [1.29, 1.82) is 0 Å². The van der Waals surface area contributed by atoms with E-state index in [1.165, 1.54) is 0 Å². The third kappa shape index (κ3) is 4.55. The van der Waals surface area contributed by atoms with Gasteiger partial charge in [-0.25, -0.2) is 5.43 Å². The van der Waals surface area contributed by atoms with Gasteiger partial charge in [0.2, 0.25) is 0 Å². The van der Waals surface area contributed by atoms with Gasteiger partial charge in [-0.3, -0.25) is 4.79 Å². The second-order valence-electron chi connectivity index (χ2n) is 6.69. The molecule has 0 bridgehead atoms. The minimum Gasteiger partial charge on any atom is -0.481 e. The number of carbonyl (C=O) groups is 1. The highest BCUT2D eigenvalue weighted by atomic mass is 16.5. The molecule has 2 aromatic carbocycles. The first-order valence-corrected chi connectivity index (χ1v) is 7.77. The maximum atomic E-state index is 12.1. The minimum absolute atomic E-state index is 0.0737. The third-order valence-electron chi connectivity index (χ3n) is 3.82. The highest BCUT2D eigenvalue weighted by Gasteiger charge is 2.17. The first-order valence-electron chi connectivity index (χ1n) is 7.77. The van der Waals surface area contributed by atoms with E-state index in [1.54, 1.807) is 6.92 Å². The van der Waals surface area contributed by atoms with Gasteiger partial charge in [-0.2, -0.15) is 5.10 Å². The molecule has 4 heteroatoms. The Bertz CT molecular complexity index is 729. The van der Waals surface area contributed by atoms with Gasteiger partial charge in [0.25, 0.3) is 5.91 Å². The van der Waals surface area contributed by atoms with E-state index < -0.39 is 6.10 Å². The van der Waals surface area contributed by atoms with Gasteiger partial charge in [0, 0.05) is 11.1 Å². The molecule has 0 aliphatic carbocycles. The van der Waals surface area contributed by atoms with Crippen molar-refractivity contribution < 1.29 is 9.53 Å². The van der Waals surface area contributed by atoms with Crippen molar-refractivity contribution in [3.05, 3.63) is 42.5 Å². The Labute approximate surface area is 137 Å². The van der Waals surface area contributed by atoms with Crippen LogP contribution in [0, 0.1) is 5.41 Å². The number of rotatable bonds is 4. The number of hydrogen-bond donors (Lipinski definition) is 1. The summed E-state index contributed by atoms with van der Waals surface area (Å²) in [5.41, 5.74) is 3.36. The smallest absolute Gasteiger partial charge is 0.280 e. The number of ether oxygens (including phenoxy) is 1. The average molecular weight is 312 g/mol. The Morgan fingerprint density at radius 2 is 1.78 bits per heavy atom. The molecule has 2 aromatic rings. The molecule has 0 spiro atoms. The second kappa shape index (κ2) is 6.82. The summed E-state index contributed by atoms with van der Waals surface area (Å²) in [6.45, 7) is 9.76. The lowest BCUT2D eigenvalue weighted by molar-refractivity contribution is -0.127. The summed E-state index contributed by atoms with van der Waals surface area (Å²) in [7, 11) is 0. The Kier molecular flexibility index (Phi) is 5.04. The van der Waals surface area contributed by atoms with Crippen LogP contribution in [0.1, 0.15) is 34.6 Å². The molecule has 0 radical (unpaired) electrons. The predicted molar refractivity (Wildman–Crippen MR) is 94.7 cm³/mol. The summed E-state index contributed by atoms with van der Waals surface area (Å²) in [6.07, 6.45) is -0.618. The van der Waals surface area contributed by atoms with Crippen LogP contribution in [0.4, 0.5) is 0 Å². The zero-order valence-corrected chi connectivity index (χ0v) is 14.4. The highest BCUT2D eigenvalue weighted by molar-refractivity contribution is 5.89. The van der Waals surface area contributed by atoms with E-state index in [0.29, 0.717) is 5.75 Å². The number of benzene rings is 2. The third-order valence-corrected chi connectivity index (χ3v) is 3.82. The zero-order chi connectivity index (χ0) is 17.0. The van der Waals surface area contributed by atoms with Crippen LogP contribution in [-0.2, 0) is 4.79 Å². The van der Waals surface area contributed by atoms with Crippen molar-refractivity contribution in [3.63, 3.8) is 0 Å². The summed E-state index contributed by atoms with van der Waals surface area (Å²) in [5.74, 6) is 0.407. The van der Waals surface area contributed by atoms with Crippen molar-refractivity contribution in [2.24, 2.45) is 10.5 Å². The van der Waals surface area contributed by atoms with E-state index in [-0.39, 0.29) is 11.3 Å². The molecular weight excluding hydrogens is 288 g/mol. The fourth-order valence-corrected chi connectivity index (χ4v) is 1.90. The Morgan fingerprint density at radius 3 is 2.43 bits per heavy atom. The van der Waals surface area contributed by atoms with Crippen LogP contribution in [0.15, 0.2) is 47.6 Å². The van der Waals surface area contributed by atoms with Crippen molar-refractivity contribution in [3.8, 4) is 5.75 Å². The fourth-order valence-electron chi connectivity index (χ4n) is 1.90. The van der Waals surface area contributed by atoms with Gasteiger partial charge in [-0.05, 0) is 36.8 Å². The first kappa shape index (κ1) is 17.0. The number of nitrogens with one attached hydrogen (secondary N) is 1. The van der Waals surface area contributed by atoms with Crippen LogP contribution in [-0.4, -0.2) is 17.7 Å². The number of nitrogens with zero attached hydrogens (tertiary/aromatic N) is 1. The van der Waals surface area contributed by atoms with Gasteiger partial charge in [0.15, 0.2) is 6.10 Å². The Morgan fingerprint density at radius 1 is 1.13 bits per heavy atom. The van der Waals surface area contributed by atoms with Crippen LogP contribution < -0.4 is 10.2 Å². The molecule has 1 atom stereocenters. The van der Waals surface area contributed by atoms with E-state index in [4.69, 9.17) is 4.74 Å². The zero-order valence-electron chi connectivity index (χ0n) is 14.4. The summed E-state index contributed by atoms with van der Waals surface area (Å²) in [4.78, 5) is 12.1. The van der Waals surface area contributed by atoms with E-state index in [2.05, 4.69) is 10.5 Å². The molecule has 0 aliphatic rings. The quantitative estimate of drug-likeness (QED) is 0.681. The number of hydrogen-bond acceptors (Lipinski definition) is 3. The average Bonchev–Trinajstić information content (AvgIpc) is 2.51. The van der Waals surface area contributed by atoms with Crippen molar-refractivity contribution in [2.45, 2.75) is 40.7 Å². The molecule has 4 nitrogen and oxygen atoms in total. The summed E-state index contributed by atoms with van der Waals surface area (Å²) in [5, 5.41) is 6.37. The van der Waals surface area contributed by atoms with Crippen LogP contribution in [0.5, 0.6) is 5.75 Å². The number of hydrazone groups is 1. The van der Waals surface area contributed by atoms with Gasteiger partial charge >= 0.3 is 0 Å². The molecule has 0 aromatic heterocycles. The van der Waals surface area contributed by atoms with Gasteiger partial charge in [0.05, 0.1) is 0 Å². The van der Waals surface area contributed by atoms with Gasteiger partial charge in [-0.15, -0.1) is 0 Å². The van der Waals surface area contributed by atoms with E-state index >= 15 is 0 Å². The molecule has 0 heterocycles. The maximum Gasteiger partial charge on any atom is 0.280 e. The molecule has 0 fully saturated rings. The normalized spacial score (nSPS) is 13.7. The Hall–Kier alpha value is -2.36. The summed E-state index contributed by atoms with van der Waals surface area (Å²) < 4.78 is 5.72. The Balaban J connectivity index is 2.02.